The number of hydrogen-bond donors (Lipinski definition) is 3. The zero-order valence-electron chi connectivity index (χ0n) is 85.2. The van der Waals surface area contributed by atoms with Gasteiger partial charge < -0.3 is 81.6 Å². The van der Waals surface area contributed by atoms with E-state index in [-0.39, 0.29) is 170 Å². The Morgan fingerprint density at radius 3 is 1.05 bits per heavy atom. The third-order valence-electron chi connectivity index (χ3n) is 26.4. The Labute approximate surface area is 860 Å². The number of aryl methyl sites for hydroxylation is 3. The van der Waals surface area contributed by atoms with Gasteiger partial charge in [-0.05, 0) is 204 Å². The quantitative estimate of drug-likeness (QED) is 0.0155. The van der Waals surface area contributed by atoms with Gasteiger partial charge in [-0.3, -0.25) is 54.3 Å². The van der Waals surface area contributed by atoms with E-state index in [1.54, 1.807) is 63.2 Å². The fourth-order valence-electron chi connectivity index (χ4n) is 19.5. The summed E-state index contributed by atoms with van der Waals surface area (Å²) in [7, 11) is 0. The van der Waals surface area contributed by atoms with Crippen LogP contribution in [-0.2, 0) is 139 Å². The van der Waals surface area contributed by atoms with Crippen LogP contribution in [0.4, 0.5) is 0 Å². The molecule has 0 bridgehead atoms. The predicted molar refractivity (Wildman–Crippen MR) is 532 cm³/mol. The first kappa shape index (κ1) is 122. The van der Waals surface area contributed by atoms with Crippen molar-refractivity contribution in [1.29, 1.82) is 0 Å². The van der Waals surface area contributed by atoms with E-state index in [4.69, 9.17) is 42.6 Å². The average molecular weight is 2100 g/mol. The zero-order chi connectivity index (χ0) is 106. The molecule has 3 N–H and O–H groups in total. The number of likely N-dealkylation sites (tertiary alicyclic amines) is 4. The number of thioether (sulfide) groups is 2. The van der Waals surface area contributed by atoms with Crippen molar-refractivity contribution in [3.05, 3.63) is 148 Å². The summed E-state index contributed by atoms with van der Waals surface area (Å²) in [6, 6.07) is 22.6. The number of benzene rings is 3. The molecule has 3 aliphatic carbocycles. The fraction of sp³-hybridized carbons (Fsp3) is 0.700. The maximum Gasteiger partial charge on any atom is 0.328 e. The van der Waals surface area contributed by atoms with Crippen LogP contribution in [0.2, 0.25) is 0 Å². The summed E-state index contributed by atoms with van der Waals surface area (Å²) in [6.45, 7) is 14.9. The number of unbranched alkanes of at least 4 members (excludes halogenated alkanes) is 2. The van der Waals surface area contributed by atoms with Crippen LogP contribution >= 0.6 is 23.5 Å². The van der Waals surface area contributed by atoms with E-state index in [9.17, 15) is 98.0 Å². The van der Waals surface area contributed by atoms with Gasteiger partial charge in [0, 0.05) is 54.8 Å². The second kappa shape index (κ2) is 67.6. The summed E-state index contributed by atoms with van der Waals surface area (Å²) in [4.78, 5) is 219. The first-order chi connectivity index (χ1) is 70.3. The number of carbonyl (C=O) groups excluding carboxylic acids is 12. The monoisotopic (exact) mass is 2100 g/mol. The Kier molecular flexibility index (Phi) is 56.4. The van der Waals surface area contributed by atoms with Crippen LogP contribution < -0.4 is 16.0 Å². The minimum Gasteiger partial charge on any atom is -0.465 e. The highest BCUT2D eigenvalue weighted by Gasteiger charge is 2.53. The third-order valence-corrected chi connectivity index (χ3v) is 28.4. The number of carbonyl (C=O) groups is 12. The molecule has 46 heteroatoms. The molecule has 3 aromatic rings. The summed E-state index contributed by atoms with van der Waals surface area (Å²) in [6.07, 6.45) is 19.6. The Morgan fingerprint density at radius 1 is 0.370 bits per heavy atom. The first-order valence-electron chi connectivity index (χ1n) is 51.1. The molecular weight excluding hydrogens is 1950 g/mol. The molecule has 4 heterocycles. The van der Waals surface area contributed by atoms with Crippen LogP contribution in [0.3, 0.4) is 0 Å². The smallest absolute Gasteiger partial charge is 0.328 e. The largest absolute Gasteiger partial charge is 0.465 e. The van der Waals surface area contributed by atoms with E-state index in [1.165, 1.54) is 23.6 Å². The molecule has 0 aromatic heterocycles. The zero-order valence-corrected chi connectivity index (χ0v) is 86.8. The number of amides is 4. The fourth-order valence-corrected chi connectivity index (χ4v) is 20.8. The lowest BCUT2D eigenvalue weighted by molar-refractivity contribution is -0.758. The number of rotatable bonds is 59. The Bertz CT molecular complexity index is 4180. The normalized spacial score (nSPS) is 20.9. The van der Waals surface area contributed by atoms with Crippen LogP contribution in [0.25, 0.3) is 0 Å². The van der Waals surface area contributed by atoms with Gasteiger partial charge in [0.05, 0.1) is 77.6 Å². The van der Waals surface area contributed by atoms with Gasteiger partial charge in [0.25, 0.3) is 20.3 Å². The summed E-state index contributed by atoms with van der Waals surface area (Å²) in [5.74, 6) is -2.22. The Hall–Kier alpha value is -11.2. The second-order valence-corrected chi connectivity index (χ2v) is 39.1. The van der Waals surface area contributed by atoms with Crippen LogP contribution in [-0.4, -0.2) is 312 Å². The van der Waals surface area contributed by atoms with E-state index >= 15 is 0 Å². The Morgan fingerprint density at radius 2 is 0.692 bits per heavy atom. The molecule has 146 heavy (non-hydrogen) atoms. The lowest BCUT2D eigenvalue weighted by Gasteiger charge is -2.35. The maximum atomic E-state index is 13.8. The van der Waals surface area contributed by atoms with Gasteiger partial charge in [-0.25, -0.2) is 19.2 Å². The topological polar surface area (TPSA) is 546 Å². The molecule has 10 rings (SSSR count). The van der Waals surface area contributed by atoms with Gasteiger partial charge in [-0.2, -0.15) is 11.8 Å². The highest BCUT2D eigenvalue weighted by Crippen LogP contribution is 2.44. The van der Waals surface area contributed by atoms with Gasteiger partial charge in [0.15, 0.2) is 5.12 Å². The van der Waals surface area contributed by atoms with Crippen LogP contribution in [0, 0.1) is 64.1 Å². The lowest BCUT2D eigenvalue weighted by atomic mass is 9.84. The first-order valence-corrected chi connectivity index (χ1v) is 53.2. The standard InChI is InChI=1S/C29H43N3O8.C28H41N3O9.C28H41N3O8S.C15H24N2O8S/c1-3-38-28(34)24(17-16-22-12-6-4-7-13-22)30-21(2)27(33)31-25-15-9-8-14-23(25)20-26(31)29(35)39-18-10-5-11-19-40-32(36)37;1-3-38-27(33)23(14-13-21-9-5-4-6-10-21)29-20(2)26(32)30-24-12-8-7-11-22(24)19-25(30)28(34)39-17-15-37-16-18-40-31(35)36;1-3-37-27(33)23(14-13-21-9-5-4-6-10-21)29-20(2)26(32)30-24-12-8-7-11-22(24)19-25(30)28(34)38-15-17-40-18-16-39-31(35)36;1-11(10-26-12(2)18)14(19)16-5-3-4-13(16)15(20)24-8-6-23-7-9-25-17(21)22/h4,6-7,12-13,21,23-26,30H,3,5,8-11,14-20H2,1-2H3;2*4-6,9-10,20,22-25,29H,3,7-8,11-19H2,1-2H3;11,13H,3-10H2,1-2H3. The van der Waals surface area contributed by atoms with Crippen molar-refractivity contribution >= 4 is 94.1 Å². The number of fused-ring (bicyclic) bond motifs is 3. The predicted octanol–water partition coefficient (Wildman–Crippen LogP) is 9.90. The van der Waals surface area contributed by atoms with Gasteiger partial charge in [0.1, 0.15) is 81.9 Å². The SMILES string of the molecule is CC(=O)SCC(C)C(=O)N1CCCC1C(=O)OCCOCCO[N+](=O)[O-].CCOC(=O)C(CCc1ccccc1)NC(C)C(=O)N1C(C(=O)OCCCCCO[N+](=O)[O-])CC2CCCCC21.CCOC(=O)C(CCc1ccccc1)NC(C)C(=O)N1C(C(=O)OCCOCCO[N+](=O)[O-])CC2CCCCC21.CCOC(=O)C(CCc1ccccc1)NC(C)C(=O)N1C(C(=O)OCCSCCO[N+](=O)[O-])CC2CCCCC21. The van der Waals surface area contributed by atoms with Crippen molar-refractivity contribution in [1.82, 2.24) is 35.6 Å². The van der Waals surface area contributed by atoms with E-state index in [0.29, 0.717) is 114 Å². The summed E-state index contributed by atoms with van der Waals surface area (Å²) in [5.41, 5.74) is 3.27. The van der Waals surface area contributed by atoms with Crippen molar-refractivity contribution in [3.8, 4) is 0 Å². The molecule has 4 amide bonds. The molecule has 7 fully saturated rings. The van der Waals surface area contributed by atoms with Crippen molar-refractivity contribution in [2.45, 2.75) is 301 Å². The molecule has 4 aliphatic heterocycles. The van der Waals surface area contributed by atoms with Crippen molar-refractivity contribution in [3.63, 3.8) is 0 Å². The van der Waals surface area contributed by atoms with Crippen LogP contribution in [0.1, 0.15) is 220 Å². The van der Waals surface area contributed by atoms with E-state index in [0.717, 1.165) is 106 Å². The second-order valence-electron chi connectivity index (χ2n) is 36.7. The lowest BCUT2D eigenvalue weighted by Crippen LogP contribution is -2.56. The molecule has 814 valence electrons. The Balaban J connectivity index is 0.000000267. The molecule has 7 aliphatic rings. The molecule has 0 radical (unpaired) electrons. The number of nitrogens with zero attached hydrogens (tertiary/aromatic N) is 8. The molecule has 17 unspecified atom stereocenters. The van der Waals surface area contributed by atoms with Gasteiger partial charge in [-0.1, -0.05) is 148 Å². The summed E-state index contributed by atoms with van der Waals surface area (Å²) in [5, 5.41) is 46.7. The highest BCUT2D eigenvalue weighted by atomic mass is 32.2. The van der Waals surface area contributed by atoms with Crippen LogP contribution in [0.15, 0.2) is 91.0 Å². The van der Waals surface area contributed by atoms with Crippen molar-refractivity contribution in [2.24, 2.45) is 23.7 Å². The molecule has 3 aromatic carbocycles. The number of nitrogens with one attached hydrogen (secondary N) is 3. The van der Waals surface area contributed by atoms with Crippen molar-refractivity contribution in [2.75, 3.05) is 123 Å². The van der Waals surface area contributed by atoms with Gasteiger partial charge in [0.2, 0.25) is 23.6 Å². The van der Waals surface area contributed by atoms with Crippen molar-refractivity contribution < 1.29 is 140 Å². The summed E-state index contributed by atoms with van der Waals surface area (Å²) < 4.78 is 47.8. The molecule has 17 atom stereocenters. The molecule has 44 nitrogen and oxygen atoms in total. The number of esters is 7. The van der Waals surface area contributed by atoms with Gasteiger partial charge in [-0.15, -0.1) is 40.5 Å². The van der Waals surface area contributed by atoms with E-state index in [2.05, 4.69) is 35.3 Å². The average Bonchev–Trinajstić information content (AvgIpc) is 1.64. The van der Waals surface area contributed by atoms with E-state index < -0.39 is 123 Å². The molecule has 4 saturated heterocycles. The minimum atomic E-state index is -0.912. The highest BCUT2D eigenvalue weighted by molar-refractivity contribution is 8.13. The third kappa shape index (κ3) is 42.6. The van der Waals surface area contributed by atoms with Crippen LogP contribution in [0.5, 0.6) is 0 Å². The molecular formula is C100H149N11O33S2. The number of ether oxygens (including phenoxy) is 9. The minimum absolute atomic E-state index is 0.00813. The summed E-state index contributed by atoms with van der Waals surface area (Å²) >= 11 is 2.48. The molecule has 3 saturated carbocycles. The van der Waals surface area contributed by atoms with E-state index in [1.807, 2.05) is 91.0 Å². The maximum absolute atomic E-state index is 13.8. The molecule has 0 spiro atoms. The van der Waals surface area contributed by atoms with Gasteiger partial charge >= 0.3 is 41.8 Å². The number of hydrogen-bond acceptors (Lipinski definition) is 38.